The molecule has 8 nitrogen and oxygen atoms in total. The molecule has 9 rings (SSSR count). The molecule has 0 saturated carbocycles. The zero-order valence-corrected chi connectivity index (χ0v) is 25.9. The van der Waals surface area contributed by atoms with E-state index in [0.717, 1.165) is 55.6 Å². The van der Waals surface area contributed by atoms with Crippen molar-refractivity contribution in [1.82, 2.24) is 4.98 Å². The van der Waals surface area contributed by atoms with Crippen molar-refractivity contribution in [2.45, 2.75) is 55.8 Å². The van der Waals surface area contributed by atoms with Crippen molar-refractivity contribution in [3.05, 3.63) is 106 Å². The number of allylic oxidation sites excluding steroid dienone is 1. The lowest BCUT2D eigenvalue weighted by Gasteiger charge is -2.42. The molecule has 0 unspecified atom stereocenters. The van der Waals surface area contributed by atoms with Gasteiger partial charge in [-0.3, -0.25) is 0 Å². The van der Waals surface area contributed by atoms with Crippen molar-refractivity contribution in [2.75, 3.05) is 13.7 Å². The molecule has 8 heteroatoms. The standard InChI is InChI=1S/C39H35NO7/c1-45-34-15-21(3-10-32(34)43)37-33(44)17-29-28-16-27-23(19-2-9-30-20(14-19)12-13-40-30)6-7-24-31(42)11-8-25(35(24)27)36(28)39-26(38(29)47-37)5-4-22(18-41)46-39/h2-3,6-15,22-23,27,33,37,40-44H,4-5,16-18H2,1H3/t22-,23-,27-,33-,37-/m1/s1. The van der Waals surface area contributed by atoms with Gasteiger partial charge in [0, 0.05) is 46.3 Å². The fourth-order valence-electron chi connectivity index (χ4n) is 8.43. The number of H-pyrrole nitrogens is 1. The molecule has 0 spiro atoms. The van der Waals surface area contributed by atoms with Crippen molar-refractivity contribution in [3.63, 3.8) is 0 Å². The quantitative estimate of drug-likeness (QED) is 0.155. The van der Waals surface area contributed by atoms with Gasteiger partial charge >= 0.3 is 0 Å². The Morgan fingerprint density at radius 2 is 1.74 bits per heavy atom. The molecule has 5 N–H and O–H groups in total. The van der Waals surface area contributed by atoms with E-state index in [1.54, 1.807) is 24.3 Å². The molecule has 0 fully saturated rings. The summed E-state index contributed by atoms with van der Waals surface area (Å²) in [6, 6.07) is 17.4. The van der Waals surface area contributed by atoms with E-state index in [0.29, 0.717) is 42.7 Å². The molecule has 47 heavy (non-hydrogen) atoms. The summed E-state index contributed by atoms with van der Waals surface area (Å²) in [6.45, 7) is -0.0937. The molecule has 0 bridgehead atoms. The van der Waals surface area contributed by atoms with E-state index in [2.05, 4.69) is 35.3 Å². The number of aromatic nitrogens is 1. The van der Waals surface area contributed by atoms with Crippen molar-refractivity contribution in [1.29, 1.82) is 0 Å². The van der Waals surface area contributed by atoms with E-state index in [9.17, 15) is 20.4 Å². The largest absolute Gasteiger partial charge is 0.507 e. The van der Waals surface area contributed by atoms with E-state index in [1.165, 1.54) is 12.7 Å². The van der Waals surface area contributed by atoms with Crippen molar-refractivity contribution >= 4 is 17.0 Å². The number of phenolic OH excluding ortho intramolecular Hbond substituents is 2. The second kappa shape index (κ2) is 10.6. The Balaban J connectivity index is 1.24. The highest BCUT2D eigenvalue weighted by molar-refractivity contribution is 5.89. The number of aliphatic hydroxyl groups excluding tert-OH is 2. The predicted octanol–water partition coefficient (Wildman–Crippen LogP) is 6.43. The SMILES string of the molecule is COc1cc([C@H]2Oc3c(c4c(c5c3CC[C@H](CO)O5)-c3ccc(O)c5c3[C@H](C4)[C@@H](c3ccc4[nH]ccc4c3)C=C5)C[C@H]2O)ccc1O. The highest BCUT2D eigenvalue weighted by Gasteiger charge is 2.43. The lowest BCUT2D eigenvalue weighted by atomic mass is 9.65. The number of hydrogen-bond acceptors (Lipinski definition) is 7. The van der Waals surface area contributed by atoms with Crippen LogP contribution < -0.4 is 14.2 Å². The molecule has 0 radical (unpaired) electrons. The Morgan fingerprint density at radius 1 is 0.894 bits per heavy atom. The summed E-state index contributed by atoms with van der Waals surface area (Å²) in [5, 5.41) is 44.3. The molecule has 238 valence electrons. The molecule has 4 aromatic carbocycles. The molecule has 2 aliphatic heterocycles. The third-order valence-corrected chi connectivity index (χ3v) is 10.7. The molecular formula is C39H35NO7. The first-order chi connectivity index (χ1) is 22.9. The van der Waals surface area contributed by atoms with Crippen LogP contribution in [0.4, 0.5) is 0 Å². The summed E-state index contributed by atoms with van der Waals surface area (Å²) in [4.78, 5) is 3.29. The Morgan fingerprint density at radius 3 is 2.60 bits per heavy atom. The maximum absolute atomic E-state index is 11.7. The van der Waals surface area contributed by atoms with Gasteiger partial charge in [0.15, 0.2) is 11.5 Å². The maximum Gasteiger partial charge on any atom is 0.160 e. The average Bonchev–Trinajstić information content (AvgIpc) is 3.57. The first-order valence-corrected chi connectivity index (χ1v) is 16.2. The number of phenols is 2. The normalized spacial score (nSPS) is 23.6. The predicted molar refractivity (Wildman–Crippen MR) is 178 cm³/mol. The number of fused-ring (bicyclic) bond motifs is 8. The van der Waals surface area contributed by atoms with Gasteiger partial charge in [0.1, 0.15) is 29.5 Å². The number of aliphatic hydroxyl groups is 2. The molecule has 0 saturated heterocycles. The van der Waals surface area contributed by atoms with Gasteiger partial charge in [-0.1, -0.05) is 30.4 Å². The number of ether oxygens (including phenoxy) is 3. The smallest absolute Gasteiger partial charge is 0.160 e. The lowest BCUT2D eigenvalue weighted by molar-refractivity contribution is 0.0181. The van der Waals surface area contributed by atoms with Gasteiger partial charge in [-0.25, -0.2) is 0 Å². The average molecular weight is 630 g/mol. The Labute approximate surface area is 271 Å². The molecule has 3 heterocycles. The summed E-state index contributed by atoms with van der Waals surface area (Å²) < 4.78 is 18.7. The third-order valence-electron chi connectivity index (χ3n) is 10.7. The molecule has 1 aromatic heterocycles. The van der Waals surface area contributed by atoms with Crippen LogP contribution in [-0.4, -0.2) is 51.3 Å². The van der Waals surface area contributed by atoms with E-state index >= 15 is 0 Å². The minimum Gasteiger partial charge on any atom is -0.507 e. The zero-order valence-electron chi connectivity index (χ0n) is 25.9. The van der Waals surface area contributed by atoms with Crippen LogP contribution in [0.5, 0.6) is 28.7 Å². The van der Waals surface area contributed by atoms with Gasteiger partial charge in [0.05, 0.1) is 19.8 Å². The zero-order chi connectivity index (χ0) is 32.0. The Hall–Kier alpha value is -4.92. The second-order valence-corrected chi connectivity index (χ2v) is 13.2. The monoisotopic (exact) mass is 629 g/mol. The van der Waals surface area contributed by atoms with Crippen LogP contribution in [0, 0.1) is 0 Å². The highest BCUT2D eigenvalue weighted by atomic mass is 16.5. The number of methoxy groups -OCH3 is 1. The van der Waals surface area contributed by atoms with Gasteiger partial charge in [-0.15, -0.1) is 0 Å². The lowest BCUT2D eigenvalue weighted by Crippen LogP contribution is -2.35. The minimum absolute atomic E-state index is 0.0210. The molecule has 5 atom stereocenters. The summed E-state index contributed by atoms with van der Waals surface area (Å²) >= 11 is 0. The summed E-state index contributed by atoms with van der Waals surface area (Å²) in [7, 11) is 1.50. The molecule has 2 aliphatic carbocycles. The van der Waals surface area contributed by atoms with Gasteiger partial charge in [-0.2, -0.15) is 0 Å². The number of rotatable bonds is 4. The number of benzene rings is 4. The number of hydrogen-bond donors (Lipinski definition) is 5. The summed E-state index contributed by atoms with van der Waals surface area (Å²) in [6.07, 6.45) is 6.68. The fraction of sp³-hybridized carbons (Fsp3) is 0.282. The van der Waals surface area contributed by atoms with E-state index in [4.69, 9.17) is 14.2 Å². The Kier molecular flexibility index (Phi) is 6.36. The van der Waals surface area contributed by atoms with Crippen LogP contribution in [0.3, 0.4) is 0 Å². The summed E-state index contributed by atoms with van der Waals surface area (Å²) in [5.74, 6) is 2.12. The number of aromatic hydroxyl groups is 2. The number of nitrogens with one attached hydrogen (secondary N) is 1. The van der Waals surface area contributed by atoms with Crippen LogP contribution >= 0.6 is 0 Å². The van der Waals surface area contributed by atoms with E-state index < -0.39 is 12.2 Å². The first kappa shape index (κ1) is 28.3. The van der Waals surface area contributed by atoms with E-state index in [-0.39, 0.29) is 36.0 Å². The summed E-state index contributed by atoms with van der Waals surface area (Å²) in [5.41, 5.74) is 9.90. The Bertz CT molecular complexity index is 2110. The minimum atomic E-state index is -0.844. The van der Waals surface area contributed by atoms with Crippen molar-refractivity contribution in [3.8, 4) is 39.9 Å². The van der Waals surface area contributed by atoms with Gasteiger partial charge < -0.3 is 39.6 Å². The van der Waals surface area contributed by atoms with Crippen LogP contribution in [0.25, 0.3) is 28.1 Å². The van der Waals surface area contributed by atoms with Gasteiger partial charge in [0.25, 0.3) is 0 Å². The molecule has 5 aromatic rings. The number of aromatic amines is 1. The molecular weight excluding hydrogens is 594 g/mol. The first-order valence-electron chi connectivity index (χ1n) is 16.2. The topological polar surface area (TPSA) is 124 Å². The fourth-order valence-corrected chi connectivity index (χ4v) is 8.43. The second-order valence-electron chi connectivity index (χ2n) is 13.2. The van der Waals surface area contributed by atoms with E-state index in [1.807, 2.05) is 18.3 Å². The maximum atomic E-state index is 11.7. The van der Waals surface area contributed by atoms with Crippen molar-refractivity contribution in [2.24, 2.45) is 0 Å². The van der Waals surface area contributed by atoms with Crippen molar-refractivity contribution < 1.29 is 34.6 Å². The van der Waals surface area contributed by atoms with Crippen LogP contribution in [0.2, 0.25) is 0 Å². The highest BCUT2D eigenvalue weighted by Crippen LogP contribution is 2.59. The molecule has 0 amide bonds. The molecule has 4 aliphatic rings. The third kappa shape index (κ3) is 4.21. The van der Waals surface area contributed by atoms with Gasteiger partial charge in [-0.05, 0) is 94.8 Å². The van der Waals surface area contributed by atoms with Gasteiger partial charge in [0.2, 0.25) is 0 Å². The van der Waals surface area contributed by atoms with Crippen LogP contribution in [-0.2, 0) is 19.3 Å². The van der Waals surface area contributed by atoms with Crippen LogP contribution in [0.1, 0.15) is 63.3 Å². The van der Waals surface area contributed by atoms with Crippen LogP contribution in [0.15, 0.2) is 66.9 Å².